The van der Waals surface area contributed by atoms with Crippen LogP contribution in [0.5, 0.6) is 0 Å². The highest BCUT2D eigenvalue weighted by Crippen LogP contribution is 2.17. The van der Waals surface area contributed by atoms with Gasteiger partial charge in [-0.25, -0.2) is 0 Å². The van der Waals surface area contributed by atoms with E-state index >= 15 is 0 Å². The first-order chi connectivity index (χ1) is 6.69. The zero-order valence-electron chi connectivity index (χ0n) is 8.28. The van der Waals surface area contributed by atoms with Crippen LogP contribution in [0.4, 0.5) is 0 Å². The maximum absolute atomic E-state index is 10.4. The molecule has 0 bridgehead atoms. The molecule has 2 radical (unpaired) electrons. The lowest BCUT2D eigenvalue weighted by Gasteiger charge is -2.06. The summed E-state index contributed by atoms with van der Waals surface area (Å²) in [7, 11) is 0. The molecule has 0 N–H and O–H groups in total. The van der Waals surface area contributed by atoms with E-state index in [-0.39, 0.29) is 11.8 Å². The van der Waals surface area contributed by atoms with Crippen molar-refractivity contribution in [3.8, 4) is 0 Å². The van der Waals surface area contributed by atoms with Crippen LogP contribution in [0.15, 0.2) is 24.3 Å². The van der Waals surface area contributed by atoms with Crippen molar-refractivity contribution in [1.82, 2.24) is 0 Å². The third-order valence-electron chi connectivity index (χ3n) is 2.29. The van der Waals surface area contributed by atoms with E-state index in [0.29, 0.717) is 0 Å². The van der Waals surface area contributed by atoms with E-state index < -0.39 is 0 Å². The van der Waals surface area contributed by atoms with Crippen molar-refractivity contribution in [2.45, 2.75) is 25.7 Å². The van der Waals surface area contributed by atoms with Crippen molar-refractivity contribution in [2.75, 3.05) is 0 Å². The lowest BCUT2D eigenvalue weighted by molar-refractivity contribution is 0.545. The fraction of sp³-hybridized carbons (Fsp3) is 0.333. The Kier molecular flexibility index (Phi) is 3.57. The molecule has 0 heterocycles. The molecule has 14 heavy (non-hydrogen) atoms. The van der Waals surface area contributed by atoms with E-state index in [4.69, 9.17) is 0 Å². The largest absolute Gasteiger partial charge is 0.290 e. The minimum atomic E-state index is -0.209. The monoisotopic (exact) mass is 188 g/mol. The van der Waals surface area contributed by atoms with Gasteiger partial charge in [0, 0.05) is 11.8 Å². The molecular formula is C12H12O2. The summed E-state index contributed by atoms with van der Waals surface area (Å²) in [4.78, 5) is 20.8. The van der Waals surface area contributed by atoms with Gasteiger partial charge in [0.15, 0.2) is 0 Å². The van der Waals surface area contributed by atoms with Crippen LogP contribution in [0.3, 0.4) is 0 Å². The van der Waals surface area contributed by atoms with E-state index in [9.17, 15) is 9.59 Å². The molecule has 1 aromatic carbocycles. The first-order valence-corrected chi connectivity index (χ1v) is 4.54. The average molecular weight is 188 g/mol. The third kappa shape index (κ3) is 2.28. The van der Waals surface area contributed by atoms with Crippen molar-refractivity contribution >= 4 is 12.6 Å². The maximum Gasteiger partial charge on any atom is 0.206 e. The molecule has 0 saturated carbocycles. The third-order valence-corrected chi connectivity index (χ3v) is 2.29. The molecule has 2 nitrogen and oxygen atoms in total. The summed E-state index contributed by atoms with van der Waals surface area (Å²) in [6.45, 7) is 3.58. The summed E-state index contributed by atoms with van der Waals surface area (Å²) >= 11 is 0. The van der Waals surface area contributed by atoms with Gasteiger partial charge in [0.05, 0.1) is 0 Å². The van der Waals surface area contributed by atoms with Crippen LogP contribution in [0.25, 0.3) is 0 Å². The highest BCUT2D eigenvalue weighted by Gasteiger charge is 2.07. The van der Waals surface area contributed by atoms with Gasteiger partial charge < -0.3 is 0 Å². The molecule has 0 aliphatic carbocycles. The Morgan fingerprint density at radius 3 is 1.36 bits per heavy atom. The normalized spacial score (nSPS) is 14.4. The number of hydrogen-bond acceptors (Lipinski definition) is 2. The second-order valence-electron chi connectivity index (χ2n) is 3.35. The average Bonchev–Trinajstić information content (AvgIpc) is 2.27. The lowest BCUT2D eigenvalue weighted by Crippen LogP contribution is -1.97. The molecule has 2 heteroatoms. The second-order valence-corrected chi connectivity index (χ2v) is 3.35. The number of rotatable bonds is 4. The topological polar surface area (TPSA) is 34.1 Å². The summed E-state index contributed by atoms with van der Waals surface area (Å²) in [5.74, 6) is -0.417. The van der Waals surface area contributed by atoms with Gasteiger partial charge in [-0.15, -0.1) is 0 Å². The lowest BCUT2D eigenvalue weighted by atomic mass is 9.97. The van der Waals surface area contributed by atoms with Crippen LogP contribution in [-0.4, -0.2) is 12.6 Å². The van der Waals surface area contributed by atoms with E-state index in [1.807, 2.05) is 36.8 Å². The van der Waals surface area contributed by atoms with Gasteiger partial charge in [-0.05, 0) is 11.1 Å². The molecule has 0 spiro atoms. The van der Waals surface area contributed by atoms with Gasteiger partial charge in [0.1, 0.15) is 0 Å². The van der Waals surface area contributed by atoms with E-state index in [1.54, 1.807) is 13.8 Å². The molecule has 72 valence electrons. The number of carbonyl (C=O) groups excluding carboxylic acids is 2. The predicted octanol–water partition coefficient (Wildman–Crippen LogP) is 2.11. The Hall–Kier alpha value is -1.44. The second kappa shape index (κ2) is 4.70. The summed E-state index contributed by atoms with van der Waals surface area (Å²) in [6, 6.07) is 7.38. The molecule has 1 rings (SSSR count). The molecule has 2 atom stereocenters. The molecule has 0 aromatic heterocycles. The van der Waals surface area contributed by atoms with Crippen molar-refractivity contribution in [3.63, 3.8) is 0 Å². The molecule has 0 aliphatic heterocycles. The van der Waals surface area contributed by atoms with Gasteiger partial charge in [0.25, 0.3) is 0 Å². The summed E-state index contributed by atoms with van der Waals surface area (Å²) in [5, 5.41) is 0. The standard InChI is InChI=1S/C12H12O2/c1-9(7-13)11-3-5-12(6-4-11)10(2)8-14/h3-6,9-10H,1-2H3. The van der Waals surface area contributed by atoms with Crippen molar-refractivity contribution in [2.24, 2.45) is 0 Å². The van der Waals surface area contributed by atoms with Crippen LogP contribution >= 0.6 is 0 Å². The summed E-state index contributed by atoms with van der Waals surface area (Å²) in [5.41, 5.74) is 1.84. The molecule has 0 fully saturated rings. The Balaban J connectivity index is 2.88. The van der Waals surface area contributed by atoms with E-state index in [2.05, 4.69) is 0 Å². The fourth-order valence-electron chi connectivity index (χ4n) is 1.21. The summed E-state index contributed by atoms with van der Waals surface area (Å²) < 4.78 is 0. The number of hydrogen-bond donors (Lipinski definition) is 0. The Bertz CT molecular complexity index is 281. The van der Waals surface area contributed by atoms with E-state index in [0.717, 1.165) is 11.1 Å². The molecule has 0 amide bonds. The quantitative estimate of drug-likeness (QED) is 0.725. The van der Waals surface area contributed by atoms with Crippen LogP contribution in [0, 0.1) is 0 Å². The predicted molar refractivity (Wildman–Crippen MR) is 54.7 cm³/mol. The zero-order valence-corrected chi connectivity index (χ0v) is 8.28. The Labute approximate surface area is 83.9 Å². The molecule has 0 saturated heterocycles. The molecular weight excluding hydrogens is 176 g/mol. The SMILES string of the molecule is CC([C]=O)c1ccc(C(C)[C]=O)cc1. The molecule has 2 unspecified atom stereocenters. The van der Waals surface area contributed by atoms with Crippen LogP contribution < -0.4 is 0 Å². The van der Waals surface area contributed by atoms with Crippen LogP contribution in [-0.2, 0) is 9.59 Å². The van der Waals surface area contributed by atoms with Gasteiger partial charge in [0.2, 0.25) is 12.6 Å². The first-order valence-electron chi connectivity index (χ1n) is 4.54. The van der Waals surface area contributed by atoms with Gasteiger partial charge in [-0.3, -0.25) is 9.59 Å². The van der Waals surface area contributed by atoms with Gasteiger partial charge in [-0.2, -0.15) is 0 Å². The Morgan fingerprint density at radius 1 is 0.857 bits per heavy atom. The minimum Gasteiger partial charge on any atom is -0.290 e. The maximum atomic E-state index is 10.4. The van der Waals surface area contributed by atoms with Crippen molar-refractivity contribution in [1.29, 1.82) is 0 Å². The summed E-state index contributed by atoms with van der Waals surface area (Å²) in [6.07, 6.45) is 3.83. The van der Waals surface area contributed by atoms with Crippen LogP contribution in [0.1, 0.15) is 36.8 Å². The Morgan fingerprint density at radius 2 is 1.14 bits per heavy atom. The fourth-order valence-corrected chi connectivity index (χ4v) is 1.21. The molecule has 0 aliphatic rings. The minimum absolute atomic E-state index is 0.209. The smallest absolute Gasteiger partial charge is 0.206 e. The van der Waals surface area contributed by atoms with Gasteiger partial charge in [-0.1, -0.05) is 38.1 Å². The first kappa shape index (κ1) is 10.6. The highest BCUT2D eigenvalue weighted by atomic mass is 16.1. The van der Waals surface area contributed by atoms with Gasteiger partial charge >= 0.3 is 0 Å². The van der Waals surface area contributed by atoms with Crippen molar-refractivity contribution in [3.05, 3.63) is 35.4 Å². The number of benzene rings is 1. The zero-order chi connectivity index (χ0) is 10.6. The molecule has 1 aromatic rings. The van der Waals surface area contributed by atoms with Crippen molar-refractivity contribution < 1.29 is 9.59 Å². The highest BCUT2D eigenvalue weighted by molar-refractivity contribution is 5.64. The van der Waals surface area contributed by atoms with E-state index in [1.165, 1.54) is 0 Å². The van der Waals surface area contributed by atoms with Crippen LogP contribution in [0.2, 0.25) is 0 Å².